The van der Waals surface area contributed by atoms with E-state index in [1.807, 2.05) is 12.1 Å². The molecule has 5 nitrogen and oxygen atoms in total. The highest BCUT2D eigenvalue weighted by atomic mass is 127. The van der Waals surface area contributed by atoms with E-state index in [0.29, 0.717) is 10.9 Å². The molecule has 0 radical (unpaired) electrons. The first-order valence-corrected chi connectivity index (χ1v) is 7.17. The number of hydrogen-bond donors (Lipinski definition) is 1. The predicted octanol–water partition coefficient (Wildman–Crippen LogP) is 3.10. The molecule has 1 aliphatic rings. The number of carboxylic acids is 1. The van der Waals surface area contributed by atoms with Gasteiger partial charge in [0, 0.05) is 14.5 Å². The summed E-state index contributed by atoms with van der Waals surface area (Å²) in [6, 6.07) is 5.41. The maximum absolute atomic E-state index is 11.0. The Balaban J connectivity index is 2.15. The predicted molar refractivity (Wildman–Crippen MR) is 78.0 cm³/mol. The van der Waals surface area contributed by atoms with Gasteiger partial charge < -0.3 is 5.11 Å². The Bertz CT molecular complexity index is 667. The monoisotopic (exact) mass is 389 g/mol. The minimum absolute atomic E-state index is 0.160. The van der Waals surface area contributed by atoms with E-state index in [2.05, 4.69) is 32.7 Å². The summed E-state index contributed by atoms with van der Waals surface area (Å²) in [6.45, 7) is 0. The molecule has 1 heterocycles. The zero-order chi connectivity index (χ0) is 13.6. The highest BCUT2D eigenvalue weighted by Gasteiger charge is 2.31. The fourth-order valence-electron chi connectivity index (χ4n) is 1.85. The van der Waals surface area contributed by atoms with E-state index in [1.165, 1.54) is 0 Å². The third kappa shape index (κ3) is 2.46. The summed E-state index contributed by atoms with van der Waals surface area (Å²) < 4.78 is 2.54. The molecule has 0 atom stereocenters. The Kier molecular flexibility index (Phi) is 3.22. The average molecular weight is 390 g/mol. The van der Waals surface area contributed by atoms with Crippen LogP contribution in [0.2, 0.25) is 5.02 Å². The Labute approximate surface area is 127 Å². The second-order valence-corrected chi connectivity index (χ2v) is 5.98. The molecule has 1 saturated carbocycles. The Morgan fingerprint density at radius 3 is 2.79 bits per heavy atom. The van der Waals surface area contributed by atoms with Gasteiger partial charge in [-0.05, 0) is 53.6 Å². The number of nitrogens with zero attached hydrogens (tertiary/aromatic N) is 3. The fraction of sp³-hybridized carbons (Fsp3) is 0.250. The number of rotatable bonds is 3. The van der Waals surface area contributed by atoms with Crippen molar-refractivity contribution in [3.05, 3.63) is 38.4 Å². The first kappa shape index (κ1) is 12.9. The summed E-state index contributed by atoms with van der Waals surface area (Å²) in [6.07, 6.45) is 2.06. The lowest BCUT2D eigenvalue weighted by Crippen LogP contribution is -2.05. The van der Waals surface area contributed by atoms with Gasteiger partial charge in [-0.3, -0.25) is 0 Å². The van der Waals surface area contributed by atoms with Crippen molar-refractivity contribution in [2.24, 2.45) is 0 Å². The molecule has 1 aromatic carbocycles. The largest absolute Gasteiger partial charge is 0.475 e. The van der Waals surface area contributed by atoms with Crippen LogP contribution in [-0.2, 0) is 0 Å². The normalized spacial score (nSPS) is 14.6. The van der Waals surface area contributed by atoms with Gasteiger partial charge in [0.2, 0.25) is 0 Å². The molecule has 0 bridgehead atoms. The van der Waals surface area contributed by atoms with Crippen LogP contribution in [0.4, 0.5) is 0 Å². The molecule has 0 amide bonds. The summed E-state index contributed by atoms with van der Waals surface area (Å²) >= 11 is 8.09. The number of aromatic nitrogens is 3. The van der Waals surface area contributed by atoms with Gasteiger partial charge in [0.1, 0.15) is 5.82 Å². The molecular formula is C12H9ClIN3O2. The smallest absolute Gasteiger partial charge is 0.375 e. The zero-order valence-electron chi connectivity index (χ0n) is 9.68. The zero-order valence-corrected chi connectivity index (χ0v) is 12.6. The molecular weight excluding hydrogens is 381 g/mol. The molecule has 7 heteroatoms. The minimum Gasteiger partial charge on any atom is -0.475 e. The van der Waals surface area contributed by atoms with Crippen molar-refractivity contribution < 1.29 is 9.90 Å². The van der Waals surface area contributed by atoms with Crippen LogP contribution in [0.3, 0.4) is 0 Å². The van der Waals surface area contributed by atoms with Crippen LogP contribution < -0.4 is 0 Å². The van der Waals surface area contributed by atoms with Crippen LogP contribution >= 0.6 is 34.2 Å². The van der Waals surface area contributed by atoms with Gasteiger partial charge >= 0.3 is 5.97 Å². The van der Waals surface area contributed by atoms with Crippen molar-refractivity contribution in [3.63, 3.8) is 0 Å². The lowest BCUT2D eigenvalue weighted by atomic mass is 10.3. The van der Waals surface area contributed by atoms with Gasteiger partial charge in [-0.25, -0.2) is 14.5 Å². The van der Waals surface area contributed by atoms with Crippen LogP contribution in [0, 0.1) is 3.57 Å². The van der Waals surface area contributed by atoms with Crippen LogP contribution in [0.1, 0.15) is 35.2 Å². The Morgan fingerprint density at radius 2 is 2.21 bits per heavy atom. The van der Waals surface area contributed by atoms with Crippen molar-refractivity contribution in [2.45, 2.75) is 18.8 Å². The van der Waals surface area contributed by atoms with Gasteiger partial charge in [-0.2, -0.15) is 0 Å². The first-order chi connectivity index (χ1) is 9.06. The molecule has 1 N–H and O–H groups in total. The highest BCUT2D eigenvalue weighted by Crippen LogP contribution is 2.40. The number of halogens is 2. The van der Waals surface area contributed by atoms with Crippen LogP contribution in [-0.4, -0.2) is 25.8 Å². The first-order valence-electron chi connectivity index (χ1n) is 5.72. The number of carbonyl (C=O) groups is 1. The second-order valence-electron chi connectivity index (χ2n) is 4.38. The summed E-state index contributed by atoms with van der Waals surface area (Å²) in [7, 11) is 0. The van der Waals surface area contributed by atoms with E-state index in [4.69, 9.17) is 16.7 Å². The van der Waals surface area contributed by atoms with Gasteiger partial charge in [-0.1, -0.05) is 11.6 Å². The SMILES string of the molecule is O=C(O)c1nc(C2CC2)n(-c2ccc(Cl)cc2I)n1. The topological polar surface area (TPSA) is 68.0 Å². The molecule has 3 rings (SSSR count). The van der Waals surface area contributed by atoms with E-state index in [0.717, 1.165) is 27.9 Å². The standard InChI is InChI=1S/C12H9ClIN3O2/c13-7-3-4-9(8(14)5-7)17-11(6-1-2-6)15-10(16-17)12(18)19/h3-6H,1-2H2,(H,18,19). The summed E-state index contributed by atoms with van der Waals surface area (Å²) in [5.74, 6) is -0.234. The molecule has 0 saturated heterocycles. The maximum atomic E-state index is 11.0. The van der Waals surface area contributed by atoms with Crippen molar-refractivity contribution in [2.75, 3.05) is 0 Å². The van der Waals surface area contributed by atoms with Gasteiger partial charge in [-0.15, -0.1) is 5.10 Å². The van der Waals surface area contributed by atoms with E-state index in [-0.39, 0.29) is 5.82 Å². The Hall–Kier alpha value is -1.15. The number of benzene rings is 1. The highest BCUT2D eigenvalue weighted by molar-refractivity contribution is 14.1. The number of hydrogen-bond acceptors (Lipinski definition) is 3. The van der Waals surface area contributed by atoms with E-state index < -0.39 is 5.97 Å². The lowest BCUT2D eigenvalue weighted by molar-refractivity contribution is 0.0683. The van der Waals surface area contributed by atoms with Crippen molar-refractivity contribution in [1.29, 1.82) is 0 Å². The molecule has 2 aromatic rings. The van der Waals surface area contributed by atoms with Crippen LogP contribution in [0.5, 0.6) is 0 Å². The van der Waals surface area contributed by atoms with Crippen LogP contribution in [0.25, 0.3) is 5.69 Å². The van der Waals surface area contributed by atoms with Crippen molar-refractivity contribution in [1.82, 2.24) is 14.8 Å². The molecule has 0 unspecified atom stereocenters. The third-order valence-corrected chi connectivity index (χ3v) is 4.00. The molecule has 0 spiro atoms. The lowest BCUT2D eigenvalue weighted by Gasteiger charge is -2.07. The quantitative estimate of drug-likeness (QED) is 0.819. The van der Waals surface area contributed by atoms with Crippen LogP contribution in [0.15, 0.2) is 18.2 Å². The molecule has 0 aliphatic heterocycles. The third-order valence-electron chi connectivity index (χ3n) is 2.90. The van der Waals surface area contributed by atoms with Gasteiger partial charge in [0.15, 0.2) is 0 Å². The second kappa shape index (κ2) is 4.75. The fourth-order valence-corrected chi connectivity index (χ4v) is 2.95. The van der Waals surface area contributed by atoms with E-state index in [9.17, 15) is 4.79 Å². The van der Waals surface area contributed by atoms with Crippen molar-refractivity contribution in [3.8, 4) is 5.69 Å². The molecule has 1 fully saturated rings. The van der Waals surface area contributed by atoms with E-state index >= 15 is 0 Å². The van der Waals surface area contributed by atoms with E-state index in [1.54, 1.807) is 10.7 Å². The summed E-state index contributed by atoms with van der Waals surface area (Å²) in [5.41, 5.74) is 0.812. The maximum Gasteiger partial charge on any atom is 0.375 e. The Morgan fingerprint density at radius 1 is 1.47 bits per heavy atom. The molecule has 1 aliphatic carbocycles. The van der Waals surface area contributed by atoms with Gasteiger partial charge in [0.25, 0.3) is 5.82 Å². The average Bonchev–Trinajstić information content (AvgIpc) is 3.09. The van der Waals surface area contributed by atoms with Crippen molar-refractivity contribution >= 4 is 40.2 Å². The van der Waals surface area contributed by atoms with Gasteiger partial charge in [0.05, 0.1) is 5.69 Å². The summed E-state index contributed by atoms with van der Waals surface area (Å²) in [5, 5.41) is 13.8. The number of carboxylic acid groups (broad SMARTS) is 1. The molecule has 98 valence electrons. The molecule has 19 heavy (non-hydrogen) atoms. The summed E-state index contributed by atoms with van der Waals surface area (Å²) in [4.78, 5) is 15.1. The number of aromatic carboxylic acids is 1. The minimum atomic E-state index is -1.11. The molecule has 1 aromatic heterocycles.